The number of benzene rings is 2. The SMILES string of the molecule is COCCCNC(=O)c1ccc(C(=O)Nc2cc(C)ccc2C)cc1. The highest BCUT2D eigenvalue weighted by Gasteiger charge is 2.10. The molecule has 2 rings (SSSR count). The molecule has 0 aliphatic carbocycles. The largest absolute Gasteiger partial charge is 0.385 e. The minimum Gasteiger partial charge on any atom is -0.385 e. The summed E-state index contributed by atoms with van der Waals surface area (Å²) in [6.45, 7) is 5.10. The average Bonchev–Trinajstić information content (AvgIpc) is 2.61. The number of aryl methyl sites for hydroxylation is 2. The third kappa shape index (κ3) is 5.43. The lowest BCUT2D eigenvalue weighted by atomic mass is 10.1. The summed E-state index contributed by atoms with van der Waals surface area (Å²) in [5.74, 6) is -0.349. The molecule has 5 nitrogen and oxygen atoms in total. The predicted molar refractivity (Wildman–Crippen MR) is 99.1 cm³/mol. The maximum absolute atomic E-state index is 12.4. The van der Waals surface area contributed by atoms with Gasteiger partial charge in [0.2, 0.25) is 0 Å². The van der Waals surface area contributed by atoms with E-state index in [2.05, 4.69) is 10.6 Å². The second-order valence-electron chi connectivity index (χ2n) is 5.95. The van der Waals surface area contributed by atoms with Gasteiger partial charge in [-0.2, -0.15) is 0 Å². The predicted octanol–water partition coefficient (Wildman–Crippen LogP) is 3.32. The Morgan fingerprint density at radius 1 is 0.960 bits per heavy atom. The second-order valence-corrected chi connectivity index (χ2v) is 5.95. The van der Waals surface area contributed by atoms with E-state index in [0.29, 0.717) is 24.3 Å². The van der Waals surface area contributed by atoms with E-state index in [1.54, 1.807) is 31.4 Å². The van der Waals surface area contributed by atoms with E-state index < -0.39 is 0 Å². The molecular weight excluding hydrogens is 316 g/mol. The van der Waals surface area contributed by atoms with Crippen molar-refractivity contribution in [2.24, 2.45) is 0 Å². The van der Waals surface area contributed by atoms with Crippen molar-refractivity contribution in [2.75, 3.05) is 25.6 Å². The number of rotatable bonds is 7. The quantitative estimate of drug-likeness (QED) is 0.760. The van der Waals surface area contributed by atoms with Crippen molar-refractivity contribution < 1.29 is 14.3 Å². The van der Waals surface area contributed by atoms with Crippen LogP contribution >= 0.6 is 0 Å². The molecule has 132 valence electrons. The Labute approximate surface area is 148 Å². The minimum atomic E-state index is -0.194. The summed E-state index contributed by atoms with van der Waals surface area (Å²) < 4.78 is 4.94. The molecule has 25 heavy (non-hydrogen) atoms. The number of amides is 2. The number of hydrogen-bond acceptors (Lipinski definition) is 3. The number of methoxy groups -OCH3 is 1. The standard InChI is InChI=1S/C20H24N2O3/c1-14-5-6-15(2)18(13-14)22-20(24)17-9-7-16(8-10-17)19(23)21-11-4-12-25-3/h5-10,13H,4,11-12H2,1-3H3,(H,21,23)(H,22,24). The van der Waals surface area contributed by atoms with Crippen LogP contribution in [0.5, 0.6) is 0 Å². The molecule has 0 spiro atoms. The molecule has 0 radical (unpaired) electrons. The van der Waals surface area contributed by atoms with Crippen molar-refractivity contribution in [3.63, 3.8) is 0 Å². The molecule has 2 aromatic rings. The van der Waals surface area contributed by atoms with E-state index in [1.165, 1.54) is 0 Å². The lowest BCUT2D eigenvalue weighted by Gasteiger charge is -2.10. The number of carbonyl (C=O) groups is 2. The Bertz CT molecular complexity index is 739. The lowest BCUT2D eigenvalue weighted by Crippen LogP contribution is -2.25. The Balaban J connectivity index is 1.98. The van der Waals surface area contributed by atoms with Crippen LogP contribution in [0.4, 0.5) is 5.69 Å². The van der Waals surface area contributed by atoms with Crippen LogP contribution in [0, 0.1) is 13.8 Å². The highest BCUT2D eigenvalue weighted by molar-refractivity contribution is 6.05. The summed E-state index contributed by atoms with van der Waals surface area (Å²) in [5.41, 5.74) is 3.93. The molecule has 0 unspecified atom stereocenters. The van der Waals surface area contributed by atoms with Gasteiger partial charge < -0.3 is 15.4 Å². The Morgan fingerprint density at radius 2 is 1.60 bits per heavy atom. The minimum absolute atomic E-state index is 0.155. The van der Waals surface area contributed by atoms with Crippen LogP contribution in [0.25, 0.3) is 0 Å². The van der Waals surface area contributed by atoms with Crippen molar-refractivity contribution in [3.05, 3.63) is 64.7 Å². The molecule has 0 aliphatic heterocycles. The summed E-state index contributed by atoms with van der Waals surface area (Å²) in [6.07, 6.45) is 0.762. The molecule has 0 aromatic heterocycles. The highest BCUT2D eigenvalue weighted by Crippen LogP contribution is 2.17. The first-order valence-electron chi connectivity index (χ1n) is 8.27. The van der Waals surface area contributed by atoms with E-state index in [9.17, 15) is 9.59 Å². The van der Waals surface area contributed by atoms with Gasteiger partial charge in [0.05, 0.1) is 0 Å². The first kappa shape index (κ1) is 18.7. The third-order valence-electron chi connectivity index (χ3n) is 3.86. The smallest absolute Gasteiger partial charge is 0.255 e. The van der Waals surface area contributed by atoms with Gasteiger partial charge in [-0.05, 0) is 61.7 Å². The van der Waals surface area contributed by atoms with Crippen LogP contribution < -0.4 is 10.6 Å². The molecule has 0 heterocycles. The van der Waals surface area contributed by atoms with E-state index in [0.717, 1.165) is 23.2 Å². The van der Waals surface area contributed by atoms with Crippen molar-refractivity contribution in [3.8, 4) is 0 Å². The molecule has 0 bridgehead atoms. The van der Waals surface area contributed by atoms with E-state index in [-0.39, 0.29) is 11.8 Å². The number of hydrogen-bond donors (Lipinski definition) is 2. The molecule has 0 saturated carbocycles. The zero-order chi connectivity index (χ0) is 18.2. The number of carbonyl (C=O) groups excluding carboxylic acids is 2. The van der Waals surface area contributed by atoms with Crippen LogP contribution in [0.3, 0.4) is 0 Å². The Kier molecular flexibility index (Phi) is 6.71. The van der Waals surface area contributed by atoms with E-state index >= 15 is 0 Å². The van der Waals surface area contributed by atoms with Gasteiger partial charge in [0.15, 0.2) is 0 Å². The normalized spacial score (nSPS) is 10.4. The zero-order valence-electron chi connectivity index (χ0n) is 14.9. The molecule has 5 heteroatoms. The lowest BCUT2D eigenvalue weighted by molar-refractivity contribution is 0.0947. The molecule has 0 atom stereocenters. The van der Waals surface area contributed by atoms with Gasteiger partial charge in [-0.1, -0.05) is 12.1 Å². The Morgan fingerprint density at radius 3 is 2.24 bits per heavy atom. The van der Waals surface area contributed by atoms with Crippen molar-refractivity contribution in [2.45, 2.75) is 20.3 Å². The number of ether oxygens (including phenoxy) is 1. The fraction of sp³-hybridized carbons (Fsp3) is 0.300. The fourth-order valence-electron chi connectivity index (χ4n) is 2.36. The van der Waals surface area contributed by atoms with Gasteiger partial charge in [-0.25, -0.2) is 0 Å². The van der Waals surface area contributed by atoms with Crippen LogP contribution in [0.15, 0.2) is 42.5 Å². The van der Waals surface area contributed by atoms with Crippen molar-refractivity contribution in [1.29, 1.82) is 0 Å². The summed E-state index contributed by atoms with van der Waals surface area (Å²) in [5, 5.41) is 5.73. The van der Waals surface area contributed by atoms with Gasteiger partial charge >= 0.3 is 0 Å². The van der Waals surface area contributed by atoms with Gasteiger partial charge in [0.25, 0.3) is 11.8 Å². The second kappa shape index (κ2) is 8.99. The molecular formula is C20H24N2O3. The number of anilines is 1. The van der Waals surface area contributed by atoms with E-state index in [1.807, 2.05) is 32.0 Å². The van der Waals surface area contributed by atoms with Crippen LogP contribution in [0.2, 0.25) is 0 Å². The fourth-order valence-corrected chi connectivity index (χ4v) is 2.36. The maximum atomic E-state index is 12.4. The summed E-state index contributed by atoms with van der Waals surface area (Å²) >= 11 is 0. The first-order valence-corrected chi connectivity index (χ1v) is 8.27. The maximum Gasteiger partial charge on any atom is 0.255 e. The molecule has 0 aliphatic rings. The topological polar surface area (TPSA) is 67.4 Å². The van der Waals surface area contributed by atoms with Gasteiger partial charge in [0.1, 0.15) is 0 Å². The van der Waals surface area contributed by atoms with Crippen LogP contribution in [0.1, 0.15) is 38.3 Å². The zero-order valence-corrected chi connectivity index (χ0v) is 14.9. The van der Waals surface area contributed by atoms with Crippen LogP contribution in [-0.2, 0) is 4.74 Å². The monoisotopic (exact) mass is 340 g/mol. The summed E-state index contributed by atoms with van der Waals surface area (Å²) in [6, 6.07) is 12.5. The third-order valence-corrected chi connectivity index (χ3v) is 3.86. The van der Waals surface area contributed by atoms with Gasteiger partial charge in [-0.15, -0.1) is 0 Å². The molecule has 2 N–H and O–H groups in total. The molecule has 2 amide bonds. The van der Waals surface area contributed by atoms with Crippen LogP contribution in [-0.4, -0.2) is 32.1 Å². The summed E-state index contributed by atoms with van der Waals surface area (Å²) in [7, 11) is 1.63. The average molecular weight is 340 g/mol. The van der Waals surface area contributed by atoms with Crippen molar-refractivity contribution >= 4 is 17.5 Å². The number of nitrogens with one attached hydrogen (secondary N) is 2. The van der Waals surface area contributed by atoms with Gasteiger partial charge in [-0.3, -0.25) is 9.59 Å². The molecule has 0 fully saturated rings. The molecule has 0 saturated heterocycles. The summed E-state index contributed by atoms with van der Waals surface area (Å²) in [4.78, 5) is 24.4. The first-order chi connectivity index (χ1) is 12.0. The van der Waals surface area contributed by atoms with Crippen molar-refractivity contribution in [1.82, 2.24) is 5.32 Å². The van der Waals surface area contributed by atoms with Gasteiger partial charge in [0, 0.05) is 37.1 Å². The Hall–Kier alpha value is -2.66. The van der Waals surface area contributed by atoms with E-state index in [4.69, 9.17) is 4.74 Å². The molecule has 2 aromatic carbocycles. The highest BCUT2D eigenvalue weighted by atomic mass is 16.5.